The second kappa shape index (κ2) is 6.89. The molecule has 1 aliphatic rings. The van der Waals surface area contributed by atoms with Gasteiger partial charge in [0.1, 0.15) is 11.5 Å². The van der Waals surface area contributed by atoms with Crippen molar-refractivity contribution in [3.05, 3.63) is 47.5 Å². The molecule has 6 nitrogen and oxygen atoms in total. The fourth-order valence-electron chi connectivity index (χ4n) is 2.50. The Kier molecular flexibility index (Phi) is 4.79. The van der Waals surface area contributed by atoms with E-state index in [2.05, 4.69) is 10.1 Å². The molecule has 0 radical (unpaired) electrons. The van der Waals surface area contributed by atoms with E-state index in [-0.39, 0.29) is 29.1 Å². The lowest BCUT2D eigenvalue weighted by atomic mass is 9.82. The van der Waals surface area contributed by atoms with Crippen LogP contribution in [0.15, 0.2) is 36.4 Å². The van der Waals surface area contributed by atoms with Crippen molar-refractivity contribution in [1.29, 1.82) is 0 Å². The minimum atomic E-state index is -4.85. The Labute approximate surface area is 146 Å². The highest BCUT2D eigenvalue weighted by atomic mass is 19.4. The number of nitrogens with one attached hydrogen (secondary N) is 1. The molecule has 1 heterocycles. The average Bonchev–Trinajstić information content (AvgIpc) is 2.67. The molecule has 0 fully saturated rings. The van der Waals surface area contributed by atoms with Gasteiger partial charge in [0.25, 0.3) is 5.91 Å². The molecule has 0 aliphatic carbocycles. The van der Waals surface area contributed by atoms with Crippen molar-refractivity contribution in [2.45, 2.75) is 19.1 Å². The van der Waals surface area contributed by atoms with Gasteiger partial charge in [-0.05, 0) is 42.6 Å². The summed E-state index contributed by atoms with van der Waals surface area (Å²) < 4.78 is 46.5. The van der Waals surface area contributed by atoms with Gasteiger partial charge in [0.05, 0.1) is 11.3 Å². The third-order valence-corrected chi connectivity index (χ3v) is 3.63. The minimum Gasteiger partial charge on any atom is -0.454 e. The van der Waals surface area contributed by atoms with Crippen molar-refractivity contribution in [2.75, 3.05) is 5.32 Å². The van der Waals surface area contributed by atoms with Gasteiger partial charge in [-0.1, -0.05) is 6.07 Å². The first-order valence-corrected chi connectivity index (χ1v) is 7.59. The van der Waals surface area contributed by atoms with Crippen LogP contribution in [-0.4, -0.2) is 29.4 Å². The van der Waals surface area contributed by atoms with E-state index in [1.54, 1.807) is 12.1 Å². The monoisotopic (exact) mass is 367 g/mol. The van der Waals surface area contributed by atoms with E-state index in [4.69, 9.17) is 14.8 Å². The van der Waals surface area contributed by atoms with Crippen molar-refractivity contribution < 1.29 is 37.5 Å². The fourth-order valence-corrected chi connectivity index (χ4v) is 2.50. The Morgan fingerprint density at radius 1 is 1.12 bits per heavy atom. The summed E-state index contributed by atoms with van der Waals surface area (Å²) in [6.45, 7) is 0. The van der Waals surface area contributed by atoms with Crippen molar-refractivity contribution in [2.24, 2.45) is 0 Å². The first-order valence-electron chi connectivity index (χ1n) is 7.59. The molecule has 26 heavy (non-hydrogen) atoms. The number of carbonyl (C=O) groups is 1. The molecule has 136 valence electrons. The summed E-state index contributed by atoms with van der Waals surface area (Å²) in [6, 6.07) is 8.12. The van der Waals surface area contributed by atoms with Gasteiger partial charge in [-0.3, -0.25) is 4.79 Å². The maximum absolute atomic E-state index is 12.4. The minimum absolute atomic E-state index is 0.0419. The van der Waals surface area contributed by atoms with Gasteiger partial charge < -0.3 is 24.8 Å². The average molecular weight is 367 g/mol. The molecular weight excluding hydrogens is 354 g/mol. The molecule has 2 aromatic rings. The maximum Gasteiger partial charge on any atom is 0.573 e. The van der Waals surface area contributed by atoms with Gasteiger partial charge in [-0.25, -0.2) is 0 Å². The maximum atomic E-state index is 12.4. The third kappa shape index (κ3) is 4.27. The number of anilines is 1. The summed E-state index contributed by atoms with van der Waals surface area (Å²) in [5, 5.41) is 20.4. The zero-order chi connectivity index (χ0) is 18.9. The standard InChI is InChI=1S/C16H13BF3NO5/c18-16(19,20)26-10-2-4-14-12(8-10)21-15(22)11-7-9(5-6-17(23)24)1-3-13(11)25-14/h1-4,7-8,23-24H,5-6H2,(H,21,22). The smallest absolute Gasteiger partial charge is 0.454 e. The van der Waals surface area contributed by atoms with Crippen LogP contribution in [0.3, 0.4) is 0 Å². The van der Waals surface area contributed by atoms with Crippen molar-refractivity contribution in [3.63, 3.8) is 0 Å². The molecule has 0 atom stereocenters. The molecule has 2 aromatic carbocycles. The molecule has 0 unspecified atom stereocenters. The van der Waals surface area contributed by atoms with Gasteiger partial charge >= 0.3 is 13.5 Å². The third-order valence-electron chi connectivity index (χ3n) is 3.63. The number of rotatable bonds is 4. The van der Waals surface area contributed by atoms with E-state index in [1.807, 2.05) is 0 Å². The molecular formula is C16H13BF3NO5. The summed E-state index contributed by atoms with van der Waals surface area (Å²) in [5.74, 6) is -0.637. The topological polar surface area (TPSA) is 88.0 Å². The van der Waals surface area contributed by atoms with Crippen LogP contribution < -0.4 is 14.8 Å². The number of amides is 1. The molecule has 10 heteroatoms. The summed E-state index contributed by atoms with van der Waals surface area (Å²) in [5.41, 5.74) is 0.910. The Morgan fingerprint density at radius 3 is 2.54 bits per heavy atom. The predicted molar refractivity (Wildman–Crippen MR) is 86.3 cm³/mol. The molecule has 1 aliphatic heterocycles. The molecule has 0 saturated carbocycles. The summed E-state index contributed by atoms with van der Waals surface area (Å²) in [4.78, 5) is 12.4. The van der Waals surface area contributed by atoms with E-state index in [0.29, 0.717) is 12.0 Å². The number of fused-ring (bicyclic) bond motifs is 2. The Hall–Kier alpha value is -2.72. The summed E-state index contributed by atoms with van der Waals surface area (Å²) >= 11 is 0. The number of alkyl halides is 3. The van der Waals surface area contributed by atoms with Crippen molar-refractivity contribution >= 4 is 18.7 Å². The summed E-state index contributed by atoms with van der Waals surface area (Å²) in [6.07, 6.45) is -4.42. The second-order valence-electron chi connectivity index (χ2n) is 5.61. The largest absolute Gasteiger partial charge is 0.573 e. The number of benzene rings is 2. The predicted octanol–water partition coefficient (Wildman–Crippen LogP) is 2.96. The van der Waals surface area contributed by atoms with Gasteiger partial charge in [-0.2, -0.15) is 0 Å². The van der Waals surface area contributed by atoms with Crippen LogP contribution in [-0.2, 0) is 6.42 Å². The van der Waals surface area contributed by atoms with E-state index in [1.165, 1.54) is 12.1 Å². The first-order chi connectivity index (χ1) is 12.2. The lowest BCUT2D eigenvalue weighted by Gasteiger charge is -2.12. The summed E-state index contributed by atoms with van der Waals surface area (Å²) in [7, 11) is -1.46. The van der Waals surface area contributed by atoms with E-state index >= 15 is 0 Å². The van der Waals surface area contributed by atoms with Crippen LogP contribution >= 0.6 is 0 Å². The van der Waals surface area contributed by atoms with Gasteiger partial charge in [0.2, 0.25) is 0 Å². The van der Waals surface area contributed by atoms with Gasteiger partial charge in [0.15, 0.2) is 5.75 Å². The lowest BCUT2D eigenvalue weighted by Crippen LogP contribution is -2.17. The molecule has 0 bridgehead atoms. The van der Waals surface area contributed by atoms with Crippen molar-refractivity contribution in [3.8, 4) is 17.2 Å². The number of halogens is 3. The van der Waals surface area contributed by atoms with Crippen LogP contribution in [0, 0.1) is 0 Å². The van der Waals surface area contributed by atoms with Crippen LogP contribution in [0.4, 0.5) is 18.9 Å². The highest BCUT2D eigenvalue weighted by Gasteiger charge is 2.32. The van der Waals surface area contributed by atoms with Gasteiger partial charge in [0, 0.05) is 6.07 Å². The number of ether oxygens (including phenoxy) is 2. The molecule has 1 amide bonds. The molecule has 0 spiro atoms. The zero-order valence-corrected chi connectivity index (χ0v) is 13.2. The lowest BCUT2D eigenvalue weighted by molar-refractivity contribution is -0.274. The normalized spacial score (nSPS) is 13.0. The fraction of sp³-hybridized carbons (Fsp3) is 0.188. The van der Waals surface area contributed by atoms with E-state index in [9.17, 15) is 18.0 Å². The van der Waals surface area contributed by atoms with Gasteiger partial charge in [-0.15, -0.1) is 13.2 Å². The number of hydrogen-bond acceptors (Lipinski definition) is 5. The SMILES string of the molecule is O=C1Nc2cc(OC(F)(F)F)ccc2Oc2ccc(CCB(O)O)cc21. The molecule has 3 rings (SSSR count). The van der Waals surface area contributed by atoms with E-state index < -0.39 is 25.1 Å². The highest BCUT2D eigenvalue weighted by molar-refractivity contribution is 6.41. The number of aryl methyl sites for hydroxylation is 1. The number of carbonyl (C=O) groups excluding carboxylic acids is 1. The van der Waals surface area contributed by atoms with Crippen molar-refractivity contribution in [1.82, 2.24) is 0 Å². The molecule has 0 aromatic heterocycles. The zero-order valence-electron chi connectivity index (χ0n) is 13.2. The quantitative estimate of drug-likeness (QED) is 0.724. The molecule has 0 saturated heterocycles. The second-order valence-corrected chi connectivity index (χ2v) is 5.61. The Balaban J connectivity index is 1.87. The number of hydrogen-bond donors (Lipinski definition) is 3. The van der Waals surface area contributed by atoms with Crippen LogP contribution in [0.5, 0.6) is 17.2 Å². The highest BCUT2D eigenvalue weighted by Crippen LogP contribution is 2.39. The van der Waals surface area contributed by atoms with Crippen LogP contribution in [0.2, 0.25) is 6.32 Å². The molecule has 3 N–H and O–H groups in total. The first kappa shape index (κ1) is 18.1. The Morgan fingerprint density at radius 2 is 1.85 bits per heavy atom. The van der Waals surface area contributed by atoms with Crippen LogP contribution in [0.25, 0.3) is 0 Å². The Bertz CT molecular complexity index is 841. The van der Waals surface area contributed by atoms with E-state index in [0.717, 1.165) is 12.1 Å². The van der Waals surface area contributed by atoms with Crippen LogP contribution in [0.1, 0.15) is 15.9 Å².